The van der Waals surface area contributed by atoms with Crippen molar-refractivity contribution in [2.45, 2.75) is 0 Å². The highest BCUT2D eigenvalue weighted by atomic mass is 16.5. The largest absolute Gasteiger partial charge is 0.478 e. The van der Waals surface area contributed by atoms with Gasteiger partial charge in [0.05, 0.1) is 11.1 Å². The van der Waals surface area contributed by atoms with E-state index in [2.05, 4.69) is 72.8 Å². The lowest BCUT2D eigenvalue weighted by Crippen LogP contribution is -2.09. The number of carbonyl (C=O) groups excluding carboxylic acids is 1. The fraction of sp³-hybridized carbons (Fsp3) is 0. The molecule has 7 aromatic carbocycles. The van der Waals surface area contributed by atoms with Gasteiger partial charge in [-0.05, 0) is 115 Å². The van der Waals surface area contributed by atoms with Crippen LogP contribution in [0.3, 0.4) is 0 Å². The first-order valence-electron chi connectivity index (χ1n) is 12.3. The van der Waals surface area contributed by atoms with Crippen LogP contribution in [0.15, 0.2) is 115 Å². The Labute approximate surface area is 217 Å². The zero-order valence-electron chi connectivity index (χ0n) is 20.1. The highest BCUT2D eigenvalue weighted by molar-refractivity contribution is 6.17. The Morgan fingerprint density at radius 1 is 0.474 bits per heavy atom. The SMILES string of the molecule is O=C(O)c1ccc(C(=O)Oc2cccc3cc4ccc5cc6cc7ccccc7cc6cc5c4cc23)cc1. The number of benzene rings is 7. The Kier molecular flexibility index (Phi) is 4.88. The van der Waals surface area contributed by atoms with Gasteiger partial charge in [-0.25, -0.2) is 9.59 Å². The monoisotopic (exact) mass is 492 g/mol. The molecule has 4 heteroatoms. The van der Waals surface area contributed by atoms with E-state index >= 15 is 0 Å². The number of hydrogen-bond donors (Lipinski definition) is 1. The first-order chi connectivity index (χ1) is 18.5. The average Bonchev–Trinajstić information content (AvgIpc) is 2.94. The molecule has 0 bridgehead atoms. The number of esters is 1. The smallest absolute Gasteiger partial charge is 0.343 e. The Balaban J connectivity index is 1.37. The maximum atomic E-state index is 12.9. The van der Waals surface area contributed by atoms with Gasteiger partial charge < -0.3 is 9.84 Å². The van der Waals surface area contributed by atoms with Crippen molar-refractivity contribution in [2.75, 3.05) is 0 Å². The van der Waals surface area contributed by atoms with Crippen molar-refractivity contribution in [1.29, 1.82) is 0 Å². The molecule has 0 fully saturated rings. The van der Waals surface area contributed by atoms with E-state index in [1.165, 1.54) is 45.8 Å². The van der Waals surface area contributed by atoms with Gasteiger partial charge in [0.1, 0.15) is 5.75 Å². The van der Waals surface area contributed by atoms with E-state index in [9.17, 15) is 9.59 Å². The molecule has 0 spiro atoms. The van der Waals surface area contributed by atoms with Crippen molar-refractivity contribution in [1.82, 2.24) is 0 Å². The summed E-state index contributed by atoms with van der Waals surface area (Å²) in [6.07, 6.45) is 0. The van der Waals surface area contributed by atoms with Crippen LogP contribution in [0.25, 0.3) is 53.9 Å². The molecule has 0 aliphatic rings. The minimum absolute atomic E-state index is 0.116. The van der Waals surface area contributed by atoms with E-state index in [0.717, 1.165) is 32.3 Å². The summed E-state index contributed by atoms with van der Waals surface area (Å²) >= 11 is 0. The van der Waals surface area contributed by atoms with Crippen molar-refractivity contribution < 1.29 is 19.4 Å². The molecule has 38 heavy (non-hydrogen) atoms. The summed E-state index contributed by atoms with van der Waals surface area (Å²) in [6, 6.07) is 37.2. The van der Waals surface area contributed by atoms with Gasteiger partial charge in [-0.1, -0.05) is 48.5 Å². The van der Waals surface area contributed by atoms with Crippen LogP contribution in [-0.2, 0) is 0 Å². The molecule has 0 atom stereocenters. The lowest BCUT2D eigenvalue weighted by Gasteiger charge is -2.12. The molecular weight excluding hydrogens is 472 g/mol. The minimum atomic E-state index is -1.04. The van der Waals surface area contributed by atoms with E-state index in [0.29, 0.717) is 5.75 Å². The molecule has 0 aliphatic heterocycles. The number of fused-ring (bicyclic) bond motifs is 6. The van der Waals surface area contributed by atoms with E-state index in [4.69, 9.17) is 9.84 Å². The van der Waals surface area contributed by atoms with Crippen molar-refractivity contribution in [3.8, 4) is 5.75 Å². The molecule has 1 N–H and O–H groups in total. The highest BCUT2D eigenvalue weighted by Gasteiger charge is 2.14. The van der Waals surface area contributed by atoms with Gasteiger partial charge in [-0.3, -0.25) is 0 Å². The summed E-state index contributed by atoms with van der Waals surface area (Å²) in [5.41, 5.74) is 0.405. The molecule has 180 valence electrons. The summed E-state index contributed by atoms with van der Waals surface area (Å²) < 4.78 is 5.81. The molecule has 7 rings (SSSR count). The average molecular weight is 493 g/mol. The van der Waals surface area contributed by atoms with Gasteiger partial charge in [0.25, 0.3) is 0 Å². The predicted octanol–water partition coefficient (Wildman–Crippen LogP) is 8.37. The number of carboxylic acid groups (broad SMARTS) is 1. The summed E-state index contributed by atoms with van der Waals surface area (Å²) in [6.45, 7) is 0. The Bertz CT molecular complexity index is 2090. The van der Waals surface area contributed by atoms with Crippen LogP contribution in [0.2, 0.25) is 0 Å². The first kappa shape index (κ1) is 22.0. The standard InChI is InChI=1S/C34H20O4/c35-33(36)20-8-10-21(11-9-20)34(37)38-32-7-3-6-24-16-25-12-13-26-17-27-14-22-4-1-2-5-23(22)15-28(27)18-29(26)30(25)19-31(24)32/h1-19H,(H,35,36). The fourth-order valence-electron chi connectivity index (χ4n) is 5.24. The number of carbonyl (C=O) groups is 2. The summed E-state index contributed by atoms with van der Waals surface area (Å²) in [5, 5.41) is 20.2. The van der Waals surface area contributed by atoms with Crippen LogP contribution in [0.4, 0.5) is 0 Å². The summed E-state index contributed by atoms with van der Waals surface area (Å²) in [4.78, 5) is 24.0. The van der Waals surface area contributed by atoms with Crippen LogP contribution in [0.5, 0.6) is 5.75 Å². The third-order valence-corrected chi connectivity index (χ3v) is 7.19. The van der Waals surface area contributed by atoms with Crippen LogP contribution < -0.4 is 4.74 Å². The maximum Gasteiger partial charge on any atom is 0.343 e. The van der Waals surface area contributed by atoms with Crippen LogP contribution in [0.1, 0.15) is 20.7 Å². The van der Waals surface area contributed by atoms with Gasteiger partial charge in [0.15, 0.2) is 0 Å². The van der Waals surface area contributed by atoms with E-state index in [1.807, 2.05) is 12.1 Å². The van der Waals surface area contributed by atoms with Gasteiger partial charge in [0, 0.05) is 5.39 Å². The van der Waals surface area contributed by atoms with Crippen LogP contribution in [0, 0.1) is 0 Å². The number of ether oxygens (including phenoxy) is 1. The highest BCUT2D eigenvalue weighted by Crippen LogP contribution is 2.36. The molecule has 0 saturated carbocycles. The fourth-order valence-corrected chi connectivity index (χ4v) is 5.24. The predicted molar refractivity (Wildman–Crippen MR) is 152 cm³/mol. The zero-order chi connectivity index (χ0) is 25.8. The summed E-state index contributed by atoms with van der Waals surface area (Å²) in [5.74, 6) is -1.12. The molecule has 0 amide bonds. The quantitative estimate of drug-likeness (QED) is 0.116. The van der Waals surface area contributed by atoms with E-state index < -0.39 is 11.9 Å². The van der Waals surface area contributed by atoms with Crippen LogP contribution in [-0.4, -0.2) is 17.0 Å². The molecule has 4 nitrogen and oxygen atoms in total. The molecule has 0 aromatic heterocycles. The Morgan fingerprint density at radius 2 is 1.00 bits per heavy atom. The third-order valence-electron chi connectivity index (χ3n) is 7.19. The second-order valence-corrected chi connectivity index (χ2v) is 9.51. The van der Waals surface area contributed by atoms with Crippen molar-refractivity contribution in [3.05, 3.63) is 126 Å². The lowest BCUT2D eigenvalue weighted by molar-refractivity contribution is 0.0692. The van der Waals surface area contributed by atoms with E-state index in [-0.39, 0.29) is 11.1 Å². The Morgan fingerprint density at radius 3 is 1.68 bits per heavy atom. The van der Waals surface area contributed by atoms with Crippen LogP contribution >= 0.6 is 0 Å². The van der Waals surface area contributed by atoms with Crippen molar-refractivity contribution in [2.24, 2.45) is 0 Å². The van der Waals surface area contributed by atoms with Gasteiger partial charge in [0.2, 0.25) is 0 Å². The molecule has 7 aromatic rings. The molecule has 0 heterocycles. The lowest BCUT2D eigenvalue weighted by atomic mass is 9.94. The molecule has 0 radical (unpaired) electrons. The zero-order valence-corrected chi connectivity index (χ0v) is 20.1. The second-order valence-electron chi connectivity index (χ2n) is 9.51. The maximum absolute atomic E-state index is 12.9. The number of aromatic carboxylic acids is 1. The summed E-state index contributed by atoms with van der Waals surface area (Å²) in [7, 11) is 0. The number of hydrogen-bond acceptors (Lipinski definition) is 3. The van der Waals surface area contributed by atoms with Gasteiger partial charge in [-0.2, -0.15) is 0 Å². The molecule has 0 saturated heterocycles. The molecule has 0 unspecified atom stereocenters. The van der Waals surface area contributed by atoms with Crippen molar-refractivity contribution >= 4 is 65.8 Å². The second kappa shape index (κ2) is 8.43. The number of carboxylic acids is 1. The van der Waals surface area contributed by atoms with E-state index in [1.54, 1.807) is 6.07 Å². The van der Waals surface area contributed by atoms with Gasteiger partial charge in [-0.15, -0.1) is 0 Å². The topological polar surface area (TPSA) is 63.6 Å². The minimum Gasteiger partial charge on any atom is -0.478 e. The Hall–Kier alpha value is -5.22. The molecular formula is C34H20O4. The number of rotatable bonds is 3. The molecule has 0 aliphatic carbocycles. The van der Waals surface area contributed by atoms with Crippen molar-refractivity contribution in [3.63, 3.8) is 0 Å². The normalized spacial score (nSPS) is 11.5. The first-order valence-corrected chi connectivity index (χ1v) is 12.3. The third kappa shape index (κ3) is 3.62. The van der Waals surface area contributed by atoms with Gasteiger partial charge >= 0.3 is 11.9 Å².